The van der Waals surface area contributed by atoms with Crippen molar-refractivity contribution in [3.63, 3.8) is 0 Å². The summed E-state index contributed by atoms with van der Waals surface area (Å²) in [6.45, 7) is -0.496. The van der Waals surface area contributed by atoms with Crippen molar-refractivity contribution in [1.82, 2.24) is 19.5 Å². The largest absolute Gasteiger partial charge is 0.508 e. The molecule has 15 heteroatoms. The van der Waals surface area contributed by atoms with Gasteiger partial charge in [-0.3, -0.25) is 9.12 Å². The topological polar surface area (TPSA) is 240 Å². The first kappa shape index (κ1) is 23.7. The standard InChI is InChI=1S/C17H19N5O5.H3NO3S/c18-15-12-16(20-7-19-15)22(8-21-12)17(5-9-3-1-2-4-10(9)24)14(26)13(25)11(6-23)27-17;1-5(2,3)4/h1-4,7-8,11,13-14,23-26H,5-6H2,(H2,18,19,20);(H3,1,2,3,4)/t11-,13-,14-,17-;/m1./s1. The van der Waals surface area contributed by atoms with E-state index < -0.39 is 40.9 Å². The van der Waals surface area contributed by atoms with E-state index in [2.05, 4.69) is 20.1 Å². The Balaban J connectivity index is 0.000000523. The van der Waals surface area contributed by atoms with Crippen molar-refractivity contribution in [1.29, 1.82) is 0 Å². The van der Waals surface area contributed by atoms with E-state index in [1.54, 1.807) is 18.2 Å². The average molecular weight is 470 g/mol. The van der Waals surface area contributed by atoms with Gasteiger partial charge in [-0.1, -0.05) is 18.2 Å². The van der Waals surface area contributed by atoms with Crippen molar-refractivity contribution >= 4 is 27.3 Å². The Morgan fingerprint density at radius 3 is 2.44 bits per heavy atom. The molecule has 1 saturated heterocycles. The Bertz CT molecular complexity index is 1200. The number of hydrogen-bond acceptors (Lipinski definition) is 11. The van der Waals surface area contributed by atoms with Crippen LogP contribution in [-0.4, -0.2) is 77.8 Å². The Labute approximate surface area is 181 Å². The first-order valence-corrected chi connectivity index (χ1v) is 10.6. The number of benzene rings is 1. The van der Waals surface area contributed by atoms with Crippen LogP contribution in [0.3, 0.4) is 0 Å². The van der Waals surface area contributed by atoms with Gasteiger partial charge in [-0.05, 0) is 11.6 Å². The minimum absolute atomic E-state index is 0.00757. The predicted molar refractivity (Wildman–Crippen MR) is 109 cm³/mol. The van der Waals surface area contributed by atoms with Crippen LogP contribution >= 0.6 is 0 Å². The highest BCUT2D eigenvalue weighted by molar-refractivity contribution is 7.83. The van der Waals surface area contributed by atoms with E-state index in [0.29, 0.717) is 16.7 Å². The number of aromatic hydroxyl groups is 1. The third-order valence-electron chi connectivity index (χ3n) is 4.91. The van der Waals surface area contributed by atoms with Crippen LogP contribution in [0.2, 0.25) is 0 Å². The smallest absolute Gasteiger partial charge is 0.330 e. The molecule has 1 fully saturated rings. The van der Waals surface area contributed by atoms with Gasteiger partial charge in [0.2, 0.25) is 0 Å². The fraction of sp³-hybridized carbons (Fsp3) is 0.353. The van der Waals surface area contributed by atoms with Crippen LogP contribution in [0.5, 0.6) is 5.75 Å². The lowest BCUT2D eigenvalue weighted by Gasteiger charge is -2.34. The SMILES string of the molecule is NS(=O)(=O)O.Nc1ncnc2c1ncn2[C@]1(Cc2ccccc2O)O[C@H](CO)[C@@H](O)[C@H]1O. The van der Waals surface area contributed by atoms with E-state index in [1.807, 2.05) is 0 Å². The van der Waals surface area contributed by atoms with Gasteiger partial charge in [0.1, 0.15) is 35.9 Å². The summed E-state index contributed by atoms with van der Waals surface area (Å²) in [6, 6.07) is 6.59. The van der Waals surface area contributed by atoms with Gasteiger partial charge >= 0.3 is 10.3 Å². The molecule has 4 rings (SSSR count). The zero-order chi connectivity index (χ0) is 23.7. The van der Waals surface area contributed by atoms with E-state index in [9.17, 15) is 20.4 Å². The van der Waals surface area contributed by atoms with Crippen molar-refractivity contribution in [2.45, 2.75) is 30.5 Å². The fourth-order valence-electron chi connectivity index (χ4n) is 3.51. The second-order valence-electron chi connectivity index (χ2n) is 6.99. The van der Waals surface area contributed by atoms with E-state index >= 15 is 0 Å². The Kier molecular flexibility index (Phi) is 6.61. The summed E-state index contributed by atoms with van der Waals surface area (Å²) in [6.07, 6.45) is -1.18. The maximum absolute atomic E-state index is 10.9. The molecule has 3 heterocycles. The summed E-state index contributed by atoms with van der Waals surface area (Å²) in [5.41, 5.74) is 5.36. The van der Waals surface area contributed by atoms with Crippen LogP contribution in [0.1, 0.15) is 5.56 Å². The molecule has 0 spiro atoms. The van der Waals surface area contributed by atoms with Gasteiger partial charge in [0, 0.05) is 6.42 Å². The molecule has 3 aromatic rings. The monoisotopic (exact) mass is 470 g/mol. The van der Waals surface area contributed by atoms with E-state index in [0.717, 1.165) is 0 Å². The fourth-order valence-corrected chi connectivity index (χ4v) is 3.51. The third kappa shape index (κ3) is 4.63. The molecule has 0 radical (unpaired) electrons. The minimum atomic E-state index is -4.17. The zero-order valence-corrected chi connectivity index (χ0v) is 17.2. The van der Waals surface area contributed by atoms with Crippen LogP contribution in [-0.2, 0) is 27.2 Å². The Hall–Kier alpha value is -2.92. The molecule has 0 unspecified atom stereocenters. The molecule has 4 atom stereocenters. The van der Waals surface area contributed by atoms with E-state index in [1.165, 1.54) is 23.3 Å². The van der Waals surface area contributed by atoms with E-state index in [-0.39, 0.29) is 18.0 Å². The van der Waals surface area contributed by atoms with Crippen LogP contribution in [0.4, 0.5) is 5.82 Å². The summed E-state index contributed by atoms with van der Waals surface area (Å²) < 4.78 is 32.6. The van der Waals surface area contributed by atoms with Crippen molar-refractivity contribution < 1.29 is 38.1 Å². The molecule has 1 aromatic carbocycles. The molecule has 0 bridgehead atoms. The van der Waals surface area contributed by atoms with Crippen molar-refractivity contribution in [2.75, 3.05) is 12.3 Å². The van der Waals surface area contributed by atoms with Gasteiger partial charge in [-0.25, -0.2) is 20.1 Å². The van der Waals surface area contributed by atoms with Gasteiger partial charge in [-0.2, -0.15) is 8.42 Å². The lowest BCUT2D eigenvalue weighted by Crippen LogP contribution is -2.47. The van der Waals surface area contributed by atoms with E-state index in [4.69, 9.17) is 23.4 Å². The summed E-state index contributed by atoms with van der Waals surface area (Å²) in [5.74, 6) is 0.163. The summed E-state index contributed by atoms with van der Waals surface area (Å²) in [5, 5.41) is 44.9. The normalized spacial score (nSPS) is 25.5. The molecule has 0 saturated carbocycles. The summed E-state index contributed by atoms with van der Waals surface area (Å²) >= 11 is 0. The molecule has 32 heavy (non-hydrogen) atoms. The first-order valence-electron chi connectivity index (χ1n) is 9.09. The summed E-state index contributed by atoms with van der Waals surface area (Å²) in [4.78, 5) is 12.3. The number of fused-ring (bicyclic) bond motifs is 1. The summed E-state index contributed by atoms with van der Waals surface area (Å²) in [7, 11) is -4.17. The number of nitrogens with zero attached hydrogens (tertiary/aromatic N) is 4. The molecular formula is C17H22N6O8S. The van der Waals surface area contributed by atoms with Crippen molar-refractivity contribution in [2.24, 2.45) is 5.14 Å². The number of aliphatic hydroxyl groups is 3. The number of hydrogen-bond donors (Lipinski definition) is 7. The number of phenolic OH excluding ortho intramolecular Hbond substituents is 1. The Morgan fingerprint density at radius 1 is 1.19 bits per heavy atom. The molecule has 0 amide bonds. The van der Waals surface area contributed by atoms with Gasteiger partial charge in [0.25, 0.3) is 0 Å². The molecular weight excluding hydrogens is 448 g/mol. The number of imidazole rings is 1. The number of para-hydroxylation sites is 1. The maximum Gasteiger partial charge on any atom is 0.330 e. The lowest BCUT2D eigenvalue weighted by molar-refractivity contribution is -0.145. The molecule has 1 aliphatic rings. The number of aliphatic hydroxyl groups excluding tert-OH is 3. The molecule has 174 valence electrons. The van der Waals surface area contributed by atoms with Crippen molar-refractivity contribution in [3.05, 3.63) is 42.5 Å². The number of nitrogen functional groups attached to an aromatic ring is 1. The Morgan fingerprint density at radius 2 is 1.84 bits per heavy atom. The average Bonchev–Trinajstić information content (AvgIpc) is 3.25. The quantitative estimate of drug-likeness (QED) is 0.202. The number of aromatic nitrogens is 4. The second-order valence-corrected chi connectivity index (χ2v) is 8.02. The number of phenols is 1. The minimum Gasteiger partial charge on any atom is -0.508 e. The molecule has 0 aliphatic carbocycles. The highest BCUT2D eigenvalue weighted by Crippen LogP contribution is 2.41. The molecule has 9 N–H and O–H groups in total. The van der Waals surface area contributed by atoms with Gasteiger partial charge in [-0.15, -0.1) is 0 Å². The highest BCUT2D eigenvalue weighted by Gasteiger charge is 2.56. The zero-order valence-electron chi connectivity index (χ0n) is 16.4. The second kappa shape index (κ2) is 8.91. The van der Waals surface area contributed by atoms with Gasteiger partial charge < -0.3 is 30.9 Å². The highest BCUT2D eigenvalue weighted by atomic mass is 32.2. The number of anilines is 1. The lowest BCUT2D eigenvalue weighted by atomic mass is 9.94. The van der Waals surface area contributed by atoms with Crippen LogP contribution in [0.25, 0.3) is 11.2 Å². The molecule has 14 nitrogen and oxygen atoms in total. The predicted octanol–water partition coefficient (Wildman–Crippen LogP) is -2.13. The van der Waals surface area contributed by atoms with Crippen LogP contribution in [0.15, 0.2) is 36.9 Å². The first-order chi connectivity index (χ1) is 15.0. The number of nitrogens with two attached hydrogens (primary N) is 2. The number of rotatable bonds is 4. The van der Waals surface area contributed by atoms with Gasteiger partial charge in [0.05, 0.1) is 12.9 Å². The third-order valence-corrected chi connectivity index (χ3v) is 4.91. The van der Waals surface area contributed by atoms with Crippen LogP contribution in [0, 0.1) is 0 Å². The molecule has 2 aromatic heterocycles. The van der Waals surface area contributed by atoms with Crippen LogP contribution < -0.4 is 10.9 Å². The number of ether oxygens (including phenoxy) is 1. The van der Waals surface area contributed by atoms with Crippen molar-refractivity contribution in [3.8, 4) is 5.75 Å². The maximum atomic E-state index is 10.9. The van der Waals surface area contributed by atoms with Gasteiger partial charge in [0.15, 0.2) is 17.2 Å². The molecule has 1 aliphatic heterocycles.